The second-order valence-corrected chi connectivity index (χ2v) is 2.89. The lowest BCUT2D eigenvalue weighted by atomic mass is 9.99. The van der Waals surface area contributed by atoms with Gasteiger partial charge in [0.15, 0.2) is 0 Å². The summed E-state index contributed by atoms with van der Waals surface area (Å²) in [5, 5.41) is 0. The molecule has 0 aliphatic rings. The van der Waals surface area contributed by atoms with Crippen molar-refractivity contribution in [3.8, 4) is 0 Å². The number of rotatable bonds is 2. The van der Waals surface area contributed by atoms with Crippen molar-refractivity contribution in [2.45, 2.75) is 19.0 Å². The van der Waals surface area contributed by atoms with Crippen molar-refractivity contribution < 1.29 is 18.0 Å². The smallest absolute Gasteiger partial charge is 0.303 e. The highest BCUT2D eigenvalue weighted by atomic mass is 19.4. The Morgan fingerprint density at radius 1 is 1.50 bits per heavy atom. The molecule has 0 aliphatic heterocycles. The van der Waals surface area contributed by atoms with E-state index in [0.29, 0.717) is 6.29 Å². The third kappa shape index (κ3) is 2.10. The summed E-state index contributed by atoms with van der Waals surface area (Å²) in [7, 11) is 0. The van der Waals surface area contributed by atoms with Gasteiger partial charge >= 0.3 is 6.18 Å². The lowest BCUT2D eigenvalue weighted by Gasteiger charge is -2.13. The van der Waals surface area contributed by atoms with Crippen molar-refractivity contribution in [3.05, 3.63) is 29.6 Å². The summed E-state index contributed by atoms with van der Waals surface area (Å²) in [6, 6.07) is 0.870. The van der Waals surface area contributed by atoms with E-state index in [1.165, 1.54) is 6.92 Å². The number of hydrogen-bond donors (Lipinski definition) is 0. The summed E-state index contributed by atoms with van der Waals surface area (Å²) in [5.74, 6) is -0.791. The first-order valence-electron chi connectivity index (χ1n) is 3.93. The van der Waals surface area contributed by atoms with E-state index in [4.69, 9.17) is 0 Å². The average Bonchev–Trinajstić information content (AvgIpc) is 2.15. The molecule has 14 heavy (non-hydrogen) atoms. The summed E-state index contributed by atoms with van der Waals surface area (Å²) in [6.07, 6.45) is -1.84. The van der Waals surface area contributed by atoms with Crippen LogP contribution < -0.4 is 0 Å². The zero-order chi connectivity index (χ0) is 10.8. The first-order valence-corrected chi connectivity index (χ1v) is 3.93. The minimum atomic E-state index is -4.43. The van der Waals surface area contributed by atoms with Gasteiger partial charge in [0.1, 0.15) is 6.29 Å². The molecule has 1 unspecified atom stereocenters. The zero-order valence-electron chi connectivity index (χ0n) is 7.38. The molecule has 5 heteroatoms. The van der Waals surface area contributed by atoms with Crippen LogP contribution >= 0.6 is 0 Å². The van der Waals surface area contributed by atoms with Gasteiger partial charge in [-0.25, -0.2) is 0 Å². The van der Waals surface area contributed by atoms with E-state index in [1.807, 2.05) is 0 Å². The highest BCUT2D eigenvalue weighted by molar-refractivity contribution is 5.62. The second-order valence-electron chi connectivity index (χ2n) is 2.89. The zero-order valence-corrected chi connectivity index (χ0v) is 7.38. The Hall–Kier alpha value is -1.39. The molecule has 0 saturated carbocycles. The minimum Gasteiger partial charge on any atom is -0.303 e. The number of carbonyl (C=O) groups excluding carboxylic acids is 1. The molecule has 0 aliphatic carbocycles. The predicted octanol–water partition coefficient (Wildman–Crippen LogP) is 2.40. The number of carbonyl (C=O) groups is 1. The maximum atomic E-state index is 12.4. The quantitative estimate of drug-likeness (QED) is 0.691. The Bertz CT molecular complexity index is 335. The molecule has 0 N–H and O–H groups in total. The molecule has 0 saturated heterocycles. The Balaban J connectivity index is 3.22. The van der Waals surface area contributed by atoms with Crippen LogP contribution in [0.3, 0.4) is 0 Å². The van der Waals surface area contributed by atoms with Crippen molar-refractivity contribution in [2.75, 3.05) is 0 Å². The highest BCUT2D eigenvalue weighted by Crippen LogP contribution is 2.33. The maximum Gasteiger partial charge on any atom is 0.416 e. The topological polar surface area (TPSA) is 30.0 Å². The second kappa shape index (κ2) is 3.77. The van der Waals surface area contributed by atoms with Gasteiger partial charge in [-0.05, 0) is 11.6 Å². The van der Waals surface area contributed by atoms with Gasteiger partial charge in [-0.2, -0.15) is 13.2 Å². The van der Waals surface area contributed by atoms with E-state index >= 15 is 0 Å². The molecule has 1 aromatic heterocycles. The fraction of sp³-hybridized carbons (Fsp3) is 0.333. The molecule has 0 bridgehead atoms. The van der Waals surface area contributed by atoms with Crippen molar-refractivity contribution >= 4 is 6.29 Å². The van der Waals surface area contributed by atoms with E-state index in [0.717, 1.165) is 18.5 Å². The van der Waals surface area contributed by atoms with Crippen LogP contribution in [0.4, 0.5) is 13.2 Å². The largest absolute Gasteiger partial charge is 0.416 e. The lowest BCUT2D eigenvalue weighted by molar-refractivity contribution is -0.138. The number of halogens is 3. The van der Waals surface area contributed by atoms with Crippen molar-refractivity contribution in [1.82, 2.24) is 4.98 Å². The molecule has 0 aromatic carbocycles. The molecule has 0 amide bonds. The van der Waals surface area contributed by atoms with Gasteiger partial charge in [0.25, 0.3) is 0 Å². The van der Waals surface area contributed by atoms with Crippen molar-refractivity contribution in [3.63, 3.8) is 0 Å². The molecule has 0 fully saturated rings. The van der Waals surface area contributed by atoms with Crippen LogP contribution in [0.2, 0.25) is 0 Å². The Labute approximate surface area is 78.8 Å². The van der Waals surface area contributed by atoms with Gasteiger partial charge in [0.05, 0.1) is 5.56 Å². The number of nitrogens with zero attached hydrogens (tertiary/aromatic N) is 1. The number of aromatic nitrogens is 1. The first kappa shape index (κ1) is 10.7. The van der Waals surface area contributed by atoms with Crippen LogP contribution in [-0.2, 0) is 11.0 Å². The summed E-state index contributed by atoms with van der Waals surface area (Å²) < 4.78 is 37.2. The number of alkyl halides is 3. The monoisotopic (exact) mass is 203 g/mol. The van der Waals surface area contributed by atoms with E-state index < -0.39 is 17.7 Å². The minimum absolute atomic E-state index is 0.0880. The number of hydrogen-bond acceptors (Lipinski definition) is 2. The fourth-order valence-corrected chi connectivity index (χ4v) is 1.10. The van der Waals surface area contributed by atoms with E-state index in [-0.39, 0.29) is 5.56 Å². The standard InChI is InChI=1S/C9H8F3NO/c1-6(5-14)7-4-13-3-2-8(7)9(10,11)12/h2-6H,1H3. The highest BCUT2D eigenvalue weighted by Gasteiger charge is 2.34. The van der Waals surface area contributed by atoms with Crippen LogP contribution in [-0.4, -0.2) is 11.3 Å². The molecular weight excluding hydrogens is 195 g/mol. The summed E-state index contributed by atoms with van der Waals surface area (Å²) in [5.41, 5.74) is -0.887. The number of pyridine rings is 1. The van der Waals surface area contributed by atoms with Crippen molar-refractivity contribution in [1.29, 1.82) is 0 Å². The van der Waals surface area contributed by atoms with Gasteiger partial charge in [-0.1, -0.05) is 6.92 Å². The first-order chi connectivity index (χ1) is 6.46. The van der Waals surface area contributed by atoms with Crippen LogP contribution in [0.25, 0.3) is 0 Å². The fourth-order valence-electron chi connectivity index (χ4n) is 1.10. The lowest BCUT2D eigenvalue weighted by Crippen LogP contribution is -2.11. The average molecular weight is 203 g/mol. The predicted molar refractivity (Wildman–Crippen MR) is 43.7 cm³/mol. The van der Waals surface area contributed by atoms with Crippen LogP contribution in [0.15, 0.2) is 18.5 Å². The van der Waals surface area contributed by atoms with Gasteiger partial charge < -0.3 is 4.79 Å². The molecule has 1 heterocycles. The molecule has 2 nitrogen and oxygen atoms in total. The molecular formula is C9H8F3NO. The Kier molecular flexibility index (Phi) is 2.88. The van der Waals surface area contributed by atoms with Gasteiger partial charge in [0, 0.05) is 18.3 Å². The molecule has 0 spiro atoms. The Morgan fingerprint density at radius 2 is 2.14 bits per heavy atom. The normalized spacial score (nSPS) is 13.7. The van der Waals surface area contributed by atoms with Crippen LogP contribution in [0, 0.1) is 0 Å². The third-order valence-corrected chi connectivity index (χ3v) is 1.85. The van der Waals surface area contributed by atoms with Gasteiger partial charge in [-0.3, -0.25) is 4.98 Å². The molecule has 1 rings (SSSR count). The van der Waals surface area contributed by atoms with Crippen LogP contribution in [0.1, 0.15) is 24.0 Å². The number of aldehydes is 1. The van der Waals surface area contributed by atoms with E-state index in [2.05, 4.69) is 4.98 Å². The van der Waals surface area contributed by atoms with Gasteiger partial charge in [0.2, 0.25) is 0 Å². The SMILES string of the molecule is CC(C=O)c1cnccc1C(F)(F)F. The Morgan fingerprint density at radius 3 is 2.64 bits per heavy atom. The van der Waals surface area contributed by atoms with Crippen LogP contribution in [0.5, 0.6) is 0 Å². The molecule has 1 atom stereocenters. The molecule has 76 valence electrons. The third-order valence-electron chi connectivity index (χ3n) is 1.85. The van der Waals surface area contributed by atoms with E-state index in [1.54, 1.807) is 0 Å². The summed E-state index contributed by atoms with van der Waals surface area (Å²) >= 11 is 0. The van der Waals surface area contributed by atoms with E-state index in [9.17, 15) is 18.0 Å². The van der Waals surface area contributed by atoms with Gasteiger partial charge in [-0.15, -0.1) is 0 Å². The molecule has 0 radical (unpaired) electrons. The summed E-state index contributed by atoms with van der Waals surface area (Å²) in [4.78, 5) is 14.0. The molecule has 1 aromatic rings. The summed E-state index contributed by atoms with van der Waals surface area (Å²) in [6.45, 7) is 1.40. The van der Waals surface area contributed by atoms with Crippen molar-refractivity contribution in [2.24, 2.45) is 0 Å². The maximum absolute atomic E-state index is 12.4.